The van der Waals surface area contributed by atoms with E-state index in [4.69, 9.17) is 4.74 Å². The van der Waals surface area contributed by atoms with Gasteiger partial charge in [0.15, 0.2) is 0 Å². The number of thiophene rings is 2. The Morgan fingerprint density at radius 2 is 1.36 bits per heavy atom. The van der Waals surface area contributed by atoms with Crippen molar-refractivity contribution in [3.05, 3.63) is 40.3 Å². The van der Waals surface area contributed by atoms with E-state index in [1.54, 1.807) is 0 Å². The van der Waals surface area contributed by atoms with Gasteiger partial charge in [0, 0.05) is 20.9 Å². The number of benzene rings is 1. The van der Waals surface area contributed by atoms with Crippen LogP contribution in [-0.2, 0) is 5.60 Å². The molecule has 4 aromatic rings. The van der Waals surface area contributed by atoms with Crippen LogP contribution in [0.3, 0.4) is 0 Å². The molecule has 0 bridgehead atoms. The summed E-state index contributed by atoms with van der Waals surface area (Å²) >= 11 is 5.13. The van der Waals surface area contributed by atoms with Crippen molar-refractivity contribution >= 4 is 45.4 Å². The minimum absolute atomic E-state index is 0.203. The van der Waals surface area contributed by atoms with Crippen LogP contribution in [-0.4, -0.2) is 8.75 Å². The number of hydrogen-bond acceptors (Lipinski definition) is 6. The third-order valence-corrected chi connectivity index (χ3v) is 11.2. The van der Waals surface area contributed by atoms with Gasteiger partial charge in [0.2, 0.25) is 0 Å². The molecule has 0 spiro atoms. The van der Waals surface area contributed by atoms with Crippen molar-refractivity contribution in [2.75, 3.05) is 0 Å². The highest BCUT2D eigenvalue weighted by atomic mass is 32.1. The monoisotopic (exact) mass is 580 g/mol. The first-order valence-electron chi connectivity index (χ1n) is 15.2. The lowest BCUT2D eigenvalue weighted by molar-refractivity contribution is 0.0397. The van der Waals surface area contributed by atoms with Gasteiger partial charge < -0.3 is 4.74 Å². The molecule has 0 saturated carbocycles. The topological polar surface area (TPSA) is 35.0 Å². The van der Waals surface area contributed by atoms with E-state index >= 15 is 0 Å². The van der Waals surface area contributed by atoms with Crippen molar-refractivity contribution in [1.82, 2.24) is 8.75 Å². The van der Waals surface area contributed by atoms with Crippen LogP contribution in [0.2, 0.25) is 0 Å². The van der Waals surface area contributed by atoms with Gasteiger partial charge in [0.25, 0.3) is 0 Å². The van der Waals surface area contributed by atoms with Crippen LogP contribution in [0.15, 0.2) is 24.3 Å². The smallest absolute Gasteiger partial charge is 0.140 e. The Labute approximate surface area is 247 Å². The molecule has 1 aromatic carbocycles. The maximum atomic E-state index is 7.22. The van der Waals surface area contributed by atoms with Gasteiger partial charge in [-0.05, 0) is 57.2 Å². The maximum Gasteiger partial charge on any atom is 0.140 e. The van der Waals surface area contributed by atoms with Crippen LogP contribution in [0.4, 0.5) is 0 Å². The van der Waals surface area contributed by atoms with Crippen molar-refractivity contribution in [1.29, 1.82) is 0 Å². The fourth-order valence-electron chi connectivity index (χ4n) is 6.10. The number of unbranched alkanes of at least 4 members (excludes halogenated alkanes) is 10. The molecule has 5 rings (SSSR count). The number of ether oxygens (including phenoxy) is 1. The van der Waals surface area contributed by atoms with E-state index in [-0.39, 0.29) is 5.60 Å². The lowest BCUT2D eigenvalue weighted by Crippen LogP contribution is -2.35. The first kappa shape index (κ1) is 28.8. The Kier molecular flexibility index (Phi) is 9.78. The van der Waals surface area contributed by atoms with Gasteiger partial charge in [0.05, 0.1) is 21.5 Å². The van der Waals surface area contributed by atoms with E-state index < -0.39 is 0 Å². The van der Waals surface area contributed by atoms with Crippen LogP contribution >= 0.6 is 34.4 Å². The summed E-state index contributed by atoms with van der Waals surface area (Å²) < 4.78 is 16.5. The zero-order valence-corrected chi connectivity index (χ0v) is 26.7. The first-order chi connectivity index (χ1) is 19.1. The largest absolute Gasteiger partial charge is 0.481 e. The minimum Gasteiger partial charge on any atom is -0.481 e. The van der Waals surface area contributed by atoms with E-state index in [0.29, 0.717) is 0 Å². The molecule has 0 saturated heterocycles. The highest BCUT2D eigenvalue weighted by Gasteiger charge is 2.42. The molecule has 3 aromatic heterocycles. The number of hydrogen-bond donors (Lipinski definition) is 0. The second kappa shape index (κ2) is 13.3. The van der Waals surface area contributed by atoms with Gasteiger partial charge in [-0.15, -0.1) is 22.7 Å². The van der Waals surface area contributed by atoms with E-state index in [1.165, 1.54) is 125 Å². The number of aromatic nitrogens is 2. The minimum atomic E-state index is -0.203. The van der Waals surface area contributed by atoms with Crippen molar-refractivity contribution in [3.8, 4) is 25.9 Å². The number of fused-ring (bicyclic) bond motifs is 4. The molecule has 0 radical (unpaired) electrons. The van der Waals surface area contributed by atoms with Gasteiger partial charge in [-0.2, -0.15) is 8.75 Å². The molecule has 1 aliphatic rings. The summed E-state index contributed by atoms with van der Waals surface area (Å²) in [7, 11) is 0. The standard InChI is InChI=1S/C33H44N2OS3/c1-5-7-9-11-13-15-19-33(20-16-14-12-10-8-6-2)26-21-24(4)37-31(26)32-27(36-33)22-28(38-32)25-18-17-23(3)29-30(25)35-39-34-29/h17-18,21-22H,5-16,19-20H2,1-4H3. The first-order valence-corrected chi connectivity index (χ1v) is 17.6. The van der Waals surface area contributed by atoms with Crippen LogP contribution in [0.1, 0.15) is 120 Å². The summed E-state index contributed by atoms with van der Waals surface area (Å²) in [5.74, 6) is 1.08. The Morgan fingerprint density at radius 3 is 2.05 bits per heavy atom. The van der Waals surface area contributed by atoms with E-state index in [0.717, 1.165) is 29.6 Å². The maximum absolute atomic E-state index is 7.22. The van der Waals surface area contributed by atoms with Crippen molar-refractivity contribution in [3.63, 3.8) is 0 Å². The number of nitrogens with zero attached hydrogens (tertiary/aromatic N) is 2. The third-order valence-electron chi connectivity index (χ3n) is 8.31. The Balaban J connectivity index is 1.45. The van der Waals surface area contributed by atoms with E-state index in [2.05, 4.69) is 60.7 Å². The third kappa shape index (κ3) is 6.28. The van der Waals surface area contributed by atoms with Gasteiger partial charge in [-0.25, -0.2) is 0 Å². The molecule has 0 aliphatic carbocycles. The number of aryl methyl sites for hydroxylation is 2. The average Bonchev–Trinajstić information content (AvgIpc) is 3.67. The van der Waals surface area contributed by atoms with Gasteiger partial charge in [0.1, 0.15) is 22.4 Å². The SMILES string of the molecule is CCCCCCCCC1(CCCCCCCC)Oc2cc(-c3ccc(C)c4nsnc34)sc2-c2sc(C)cc21. The molecular weight excluding hydrogens is 537 g/mol. The van der Waals surface area contributed by atoms with Gasteiger partial charge >= 0.3 is 0 Å². The summed E-state index contributed by atoms with van der Waals surface area (Å²) in [4.78, 5) is 5.38. The van der Waals surface area contributed by atoms with Gasteiger partial charge in [-0.3, -0.25) is 0 Å². The Morgan fingerprint density at radius 1 is 0.718 bits per heavy atom. The molecule has 39 heavy (non-hydrogen) atoms. The molecule has 6 heteroatoms. The predicted molar refractivity (Wildman–Crippen MR) is 172 cm³/mol. The summed E-state index contributed by atoms with van der Waals surface area (Å²) in [6, 6.07) is 9.15. The van der Waals surface area contributed by atoms with Gasteiger partial charge in [-0.1, -0.05) is 90.2 Å². The molecule has 3 nitrogen and oxygen atoms in total. The molecular formula is C33H44N2OS3. The van der Waals surface area contributed by atoms with Crippen LogP contribution in [0.25, 0.3) is 31.2 Å². The van der Waals surface area contributed by atoms with Crippen molar-refractivity contribution < 1.29 is 4.74 Å². The molecule has 0 fully saturated rings. The number of rotatable bonds is 15. The molecule has 0 N–H and O–H groups in total. The normalized spacial score (nSPS) is 13.9. The Hall–Kier alpha value is -1.76. The fraction of sp³-hybridized carbons (Fsp3) is 0.576. The second-order valence-electron chi connectivity index (χ2n) is 11.4. The van der Waals surface area contributed by atoms with Crippen LogP contribution < -0.4 is 4.74 Å². The lowest BCUT2D eigenvalue weighted by Gasteiger charge is -2.38. The summed E-state index contributed by atoms with van der Waals surface area (Å²) in [5.41, 5.74) is 5.67. The average molecular weight is 581 g/mol. The van der Waals surface area contributed by atoms with Crippen molar-refractivity contribution in [2.45, 2.75) is 123 Å². The zero-order valence-electron chi connectivity index (χ0n) is 24.2. The molecule has 0 atom stereocenters. The fourth-order valence-corrected chi connectivity index (χ4v) is 9.08. The zero-order chi connectivity index (χ0) is 27.2. The molecule has 0 unspecified atom stereocenters. The quantitative estimate of drug-likeness (QED) is 0.131. The van der Waals surface area contributed by atoms with Crippen LogP contribution in [0.5, 0.6) is 5.75 Å². The Bertz CT molecular complexity index is 1350. The highest BCUT2D eigenvalue weighted by molar-refractivity contribution is 7.24. The summed E-state index contributed by atoms with van der Waals surface area (Å²) in [6.45, 7) is 8.98. The second-order valence-corrected chi connectivity index (χ2v) is 14.3. The summed E-state index contributed by atoms with van der Waals surface area (Å²) in [5, 5.41) is 0. The lowest BCUT2D eigenvalue weighted by atomic mass is 9.81. The molecule has 0 amide bonds. The van der Waals surface area contributed by atoms with E-state index in [9.17, 15) is 0 Å². The van der Waals surface area contributed by atoms with E-state index in [1.807, 2.05) is 22.7 Å². The molecule has 4 heterocycles. The molecule has 210 valence electrons. The molecule has 1 aliphatic heterocycles. The highest BCUT2D eigenvalue weighted by Crippen LogP contribution is 2.57. The predicted octanol–water partition coefficient (Wildman–Crippen LogP) is 11.9. The van der Waals surface area contributed by atoms with Crippen LogP contribution in [0, 0.1) is 13.8 Å². The van der Waals surface area contributed by atoms with Crippen molar-refractivity contribution in [2.24, 2.45) is 0 Å². The summed E-state index contributed by atoms with van der Waals surface area (Å²) in [6.07, 6.45) is 18.0.